The molecular formula is C21H21N3O2. The number of ketones is 1. The Balaban J connectivity index is 1.51. The van der Waals surface area contributed by atoms with Crippen molar-refractivity contribution >= 4 is 16.7 Å². The van der Waals surface area contributed by atoms with Crippen LogP contribution in [0.1, 0.15) is 28.9 Å². The van der Waals surface area contributed by atoms with E-state index in [1.165, 1.54) is 0 Å². The minimum Gasteiger partial charge on any atom is -0.322 e. The Morgan fingerprint density at radius 3 is 2.88 bits per heavy atom. The maximum absolute atomic E-state index is 12.7. The highest BCUT2D eigenvalue weighted by molar-refractivity contribution is 5.96. The first-order valence-corrected chi connectivity index (χ1v) is 8.99. The lowest BCUT2D eigenvalue weighted by Crippen LogP contribution is -2.39. The molecule has 3 heterocycles. The normalized spacial score (nSPS) is 18.1. The van der Waals surface area contributed by atoms with Crippen molar-refractivity contribution in [3.05, 3.63) is 76.3 Å². The van der Waals surface area contributed by atoms with E-state index in [0.717, 1.165) is 35.9 Å². The molecular weight excluding hydrogens is 326 g/mol. The van der Waals surface area contributed by atoms with Gasteiger partial charge in [0, 0.05) is 36.3 Å². The standard InChI is InChI=1S/C21H21N3O2/c25-20(19-9-3-4-10-22-19)16-7-5-11-24(13-16)14-17-12-15-6-1-2-8-18(15)23-21(17)26/h1-4,6,8-10,12,16H,5,7,11,13-14H2,(H,23,26)/t16-/m1/s1. The van der Waals surface area contributed by atoms with Crippen LogP contribution in [0, 0.1) is 5.92 Å². The number of nitrogens with zero attached hydrogens (tertiary/aromatic N) is 2. The average Bonchev–Trinajstić information content (AvgIpc) is 2.69. The first kappa shape index (κ1) is 16.7. The molecule has 5 heteroatoms. The molecule has 3 aromatic rings. The summed E-state index contributed by atoms with van der Waals surface area (Å²) in [7, 11) is 0. The minimum atomic E-state index is -0.0572. The van der Waals surface area contributed by atoms with Crippen LogP contribution in [0.4, 0.5) is 0 Å². The number of hydrogen-bond donors (Lipinski definition) is 1. The molecule has 1 aliphatic heterocycles. The van der Waals surface area contributed by atoms with Gasteiger partial charge in [0.1, 0.15) is 5.69 Å². The molecule has 4 rings (SSSR count). The van der Waals surface area contributed by atoms with Crippen LogP contribution in [0.15, 0.2) is 59.5 Å². The number of rotatable bonds is 4. The smallest absolute Gasteiger partial charge is 0.252 e. The molecule has 1 N–H and O–H groups in total. The molecule has 26 heavy (non-hydrogen) atoms. The molecule has 0 spiro atoms. The summed E-state index contributed by atoms with van der Waals surface area (Å²) < 4.78 is 0. The number of pyridine rings is 2. The van der Waals surface area contributed by atoms with Crippen molar-refractivity contribution in [2.45, 2.75) is 19.4 Å². The van der Waals surface area contributed by atoms with Crippen molar-refractivity contribution in [1.29, 1.82) is 0 Å². The van der Waals surface area contributed by atoms with Gasteiger partial charge in [-0.15, -0.1) is 0 Å². The summed E-state index contributed by atoms with van der Waals surface area (Å²) in [5.74, 6) is 0.0425. The van der Waals surface area contributed by atoms with Gasteiger partial charge in [0.25, 0.3) is 5.56 Å². The summed E-state index contributed by atoms with van der Waals surface area (Å²) in [5.41, 5.74) is 2.07. The molecule has 1 atom stereocenters. The van der Waals surface area contributed by atoms with Gasteiger partial charge >= 0.3 is 0 Å². The number of carbonyl (C=O) groups excluding carboxylic acids is 1. The zero-order valence-corrected chi connectivity index (χ0v) is 14.5. The number of H-pyrrole nitrogens is 1. The van der Waals surface area contributed by atoms with Gasteiger partial charge in [-0.2, -0.15) is 0 Å². The SMILES string of the molecule is O=C(c1ccccn1)[C@@H]1CCCN(Cc2cc3ccccc3[nH]c2=O)C1. The van der Waals surface area contributed by atoms with Crippen molar-refractivity contribution in [3.8, 4) is 0 Å². The number of piperidine rings is 1. The van der Waals surface area contributed by atoms with Crippen LogP contribution >= 0.6 is 0 Å². The summed E-state index contributed by atoms with van der Waals surface area (Å²) >= 11 is 0. The van der Waals surface area contributed by atoms with Crippen LogP contribution in [0.2, 0.25) is 0 Å². The van der Waals surface area contributed by atoms with E-state index in [0.29, 0.717) is 18.8 Å². The van der Waals surface area contributed by atoms with Gasteiger partial charge in [-0.3, -0.25) is 19.5 Å². The predicted octanol–water partition coefficient (Wildman–Crippen LogP) is 3.02. The predicted molar refractivity (Wildman–Crippen MR) is 101 cm³/mol. The van der Waals surface area contributed by atoms with Crippen molar-refractivity contribution in [2.75, 3.05) is 13.1 Å². The molecule has 1 fully saturated rings. The van der Waals surface area contributed by atoms with E-state index in [4.69, 9.17) is 0 Å². The molecule has 2 aromatic heterocycles. The quantitative estimate of drug-likeness (QED) is 0.737. The highest BCUT2D eigenvalue weighted by atomic mass is 16.1. The van der Waals surface area contributed by atoms with Gasteiger partial charge in [0.15, 0.2) is 5.78 Å². The van der Waals surface area contributed by atoms with E-state index in [2.05, 4.69) is 14.9 Å². The number of hydrogen-bond acceptors (Lipinski definition) is 4. The number of benzene rings is 1. The molecule has 0 bridgehead atoms. The molecule has 1 saturated heterocycles. The van der Waals surface area contributed by atoms with Gasteiger partial charge in [0.05, 0.1) is 0 Å². The Hall–Kier alpha value is -2.79. The number of fused-ring (bicyclic) bond motifs is 1. The van der Waals surface area contributed by atoms with Crippen molar-refractivity contribution in [3.63, 3.8) is 0 Å². The number of likely N-dealkylation sites (tertiary alicyclic amines) is 1. The maximum Gasteiger partial charge on any atom is 0.252 e. The van der Waals surface area contributed by atoms with Crippen LogP contribution in [0.5, 0.6) is 0 Å². The van der Waals surface area contributed by atoms with E-state index in [1.54, 1.807) is 12.3 Å². The average molecular weight is 347 g/mol. The molecule has 1 aliphatic rings. The third-order valence-electron chi connectivity index (χ3n) is 5.02. The summed E-state index contributed by atoms with van der Waals surface area (Å²) in [6, 6.07) is 15.2. The van der Waals surface area contributed by atoms with Crippen molar-refractivity contribution in [2.24, 2.45) is 5.92 Å². The zero-order valence-electron chi connectivity index (χ0n) is 14.5. The van der Waals surface area contributed by atoms with E-state index in [-0.39, 0.29) is 17.3 Å². The first-order chi connectivity index (χ1) is 12.7. The van der Waals surface area contributed by atoms with E-state index in [1.807, 2.05) is 42.5 Å². The lowest BCUT2D eigenvalue weighted by atomic mass is 9.91. The number of nitrogens with one attached hydrogen (secondary N) is 1. The number of carbonyl (C=O) groups is 1. The van der Waals surface area contributed by atoms with Gasteiger partial charge < -0.3 is 4.98 Å². The fourth-order valence-electron chi connectivity index (χ4n) is 3.68. The fourth-order valence-corrected chi connectivity index (χ4v) is 3.68. The van der Waals surface area contributed by atoms with E-state index in [9.17, 15) is 9.59 Å². The van der Waals surface area contributed by atoms with Crippen LogP contribution in [0.3, 0.4) is 0 Å². The Morgan fingerprint density at radius 2 is 2.04 bits per heavy atom. The lowest BCUT2D eigenvalue weighted by Gasteiger charge is -2.31. The third kappa shape index (κ3) is 3.44. The topological polar surface area (TPSA) is 66.1 Å². The highest BCUT2D eigenvalue weighted by Crippen LogP contribution is 2.22. The lowest BCUT2D eigenvalue weighted by molar-refractivity contribution is 0.0806. The Morgan fingerprint density at radius 1 is 1.19 bits per heavy atom. The summed E-state index contributed by atoms with van der Waals surface area (Å²) in [6.45, 7) is 2.13. The van der Waals surface area contributed by atoms with Crippen LogP contribution < -0.4 is 5.56 Å². The molecule has 0 aliphatic carbocycles. The number of aromatic amines is 1. The summed E-state index contributed by atoms with van der Waals surface area (Å²) in [5, 5.41) is 1.03. The molecule has 0 unspecified atom stereocenters. The Labute approximate surface area is 151 Å². The van der Waals surface area contributed by atoms with Gasteiger partial charge in [0.2, 0.25) is 0 Å². The second-order valence-corrected chi connectivity index (χ2v) is 6.86. The van der Waals surface area contributed by atoms with Gasteiger partial charge in [-0.25, -0.2) is 0 Å². The second kappa shape index (κ2) is 7.22. The highest BCUT2D eigenvalue weighted by Gasteiger charge is 2.27. The summed E-state index contributed by atoms with van der Waals surface area (Å²) in [6.07, 6.45) is 3.48. The maximum atomic E-state index is 12.7. The zero-order chi connectivity index (χ0) is 17.9. The fraction of sp³-hybridized carbons (Fsp3) is 0.286. The monoisotopic (exact) mass is 347 g/mol. The molecule has 0 saturated carbocycles. The van der Waals surface area contributed by atoms with Gasteiger partial charge in [-0.1, -0.05) is 24.3 Å². The number of Topliss-reactive ketones (excluding diaryl/α,β-unsaturated/α-hetero) is 1. The van der Waals surface area contributed by atoms with Crippen LogP contribution in [0.25, 0.3) is 10.9 Å². The number of aromatic nitrogens is 2. The van der Waals surface area contributed by atoms with Crippen LogP contribution in [-0.4, -0.2) is 33.7 Å². The van der Waals surface area contributed by atoms with E-state index < -0.39 is 0 Å². The van der Waals surface area contributed by atoms with Gasteiger partial charge in [-0.05, 0) is 49.0 Å². The third-order valence-corrected chi connectivity index (χ3v) is 5.02. The molecule has 0 amide bonds. The minimum absolute atomic E-state index is 0.0538. The second-order valence-electron chi connectivity index (χ2n) is 6.86. The van der Waals surface area contributed by atoms with E-state index >= 15 is 0 Å². The Kier molecular flexibility index (Phi) is 4.63. The number of para-hydroxylation sites is 1. The Bertz CT molecular complexity index is 981. The van der Waals surface area contributed by atoms with Crippen LogP contribution in [-0.2, 0) is 6.54 Å². The summed E-state index contributed by atoms with van der Waals surface area (Å²) in [4.78, 5) is 34.4. The molecule has 132 valence electrons. The van der Waals surface area contributed by atoms with Crippen molar-refractivity contribution < 1.29 is 4.79 Å². The largest absolute Gasteiger partial charge is 0.322 e. The molecule has 0 radical (unpaired) electrons. The molecule has 5 nitrogen and oxygen atoms in total. The first-order valence-electron chi connectivity index (χ1n) is 8.99. The molecule has 1 aromatic carbocycles. The van der Waals surface area contributed by atoms with Crippen molar-refractivity contribution in [1.82, 2.24) is 14.9 Å².